The molecule has 16 heavy (non-hydrogen) atoms. The van der Waals surface area contributed by atoms with E-state index in [1.165, 1.54) is 6.07 Å². The number of carbonyl (C=O) groups excluding carboxylic acids is 1. The topological polar surface area (TPSA) is 20.3 Å². The number of rotatable bonds is 2. The van der Waals surface area contributed by atoms with Crippen LogP contribution in [0.5, 0.6) is 0 Å². The molecule has 0 radical (unpaired) electrons. The molecule has 1 atom stereocenters. The number of alkyl halides is 1. The maximum Gasteiger partial charge on any atom is 0.227 e. The zero-order valence-electron chi connectivity index (χ0n) is 8.42. The Morgan fingerprint density at radius 3 is 2.50 bits per heavy atom. The summed E-state index contributed by atoms with van der Waals surface area (Å²) in [5, 5.41) is 0. The first-order chi connectivity index (χ1) is 7.63. The van der Waals surface area contributed by atoms with Crippen molar-refractivity contribution >= 4 is 23.2 Å². The summed E-state index contributed by atoms with van der Waals surface area (Å²) in [4.78, 5) is 12.7. The lowest BCUT2D eigenvalue weighted by atomic mass is 10.1. The molecule has 1 fully saturated rings. The zero-order chi connectivity index (χ0) is 11.7. The third-order valence-electron chi connectivity index (χ3n) is 2.63. The lowest BCUT2D eigenvalue weighted by molar-refractivity contribution is -0.117. The van der Waals surface area contributed by atoms with E-state index in [1.807, 2.05) is 0 Å². The minimum Gasteiger partial charge on any atom is -0.307 e. The second-order valence-electron chi connectivity index (χ2n) is 3.80. The first-order valence-electron chi connectivity index (χ1n) is 4.94. The Labute approximate surface area is 96.8 Å². The Morgan fingerprint density at radius 1 is 1.38 bits per heavy atom. The van der Waals surface area contributed by atoms with E-state index in [-0.39, 0.29) is 30.5 Å². The molecule has 0 spiro atoms. The molecule has 1 amide bonds. The third kappa shape index (κ3) is 1.89. The third-order valence-corrected chi connectivity index (χ3v) is 3.07. The molecule has 0 aromatic heterocycles. The fourth-order valence-electron chi connectivity index (χ4n) is 1.85. The van der Waals surface area contributed by atoms with Crippen LogP contribution in [0.25, 0.3) is 0 Å². The first-order valence-corrected chi connectivity index (χ1v) is 5.47. The van der Waals surface area contributed by atoms with E-state index >= 15 is 0 Å². The molecule has 1 saturated heterocycles. The van der Waals surface area contributed by atoms with Gasteiger partial charge >= 0.3 is 0 Å². The van der Waals surface area contributed by atoms with Crippen LogP contribution in [0.4, 0.5) is 14.5 Å². The van der Waals surface area contributed by atoms with Gasteiger partial charge < -0.3 is 4.90 Å². The summed E-state index contributed by atoms with van der Waals surface area (Å²) >= 11 is 5.64. The second-order valence-corrected chi connectivity index (χ2v) is 4.11. The van der Waals surface area contributed by atoms with Gasteiger partial charge in [-0.05, 0) is 18.1 Å². The van der Waals surface area contributed by atoms with Crippen LogP contribution < -0.4 is 4.90 Å². The molecule has 1 aromatic carbocycles. The summed E-state index contributed by atoms with van der Waals surface area (Å²) in [6.07, 6.45) is 0.247. The van der Waals surface area contributed by atoms with Gasteiger partial charge in [0.15, 0.2) is 0 Å². The van der Waals surface area contributed by atoms with Gasteiger partial charge in [-0.2, -0.15) is 0 Å². The number of hydrogen-bond acceptors (Lipinski definition) is 1. The molecule has 1 heterocycles. The maximum absolute atomic E-state index is 13.4. The van der Waals surface area contributed by atoms with Gasteiger partial charge in [0.25, 0.3) is 0 Å². The van der Waals surface area contributed by atoms with E-state index in [4.69, 9.17) is 11.6 Å². The van der Waals surface area contributed by atoms with Gasteiger partial charge in [0.1, 0.15) is 17.3 Å². The summed E-state index contributed by atoms with van der Waals surface area (Å²) in [7, 11) is 0. The monoisotopic (exact) mass is 245 g/mol. The second kappa shape index (κ2) is 4.37. The first kappa shape index (κ1) is 11.3. The molecule has 0 aliphatic carbocycles. The van der Waals surface area contributed by atoms with Crippen LogP contribution >= 0.6 is 11.6 Å². The van der Waals surface area contributed by atoms with E-state index in [0.717, 1.165) is 17.0 Å². The number of benzene rings is 1. The molecule has 0 bridgehead atoms. The highest BCUT2D eigenvalue weighted by atomic mass is 35.5. The van der Waals surface area contributed by atoms with E-state index < -0.39 is 11.6 Å². The maximum atomic E-state index is 13.4. The van der Waals surface area contributed by atoms with Gasteiger partial charge in [-0.3, -0.25) is 4.79 Å². The summed E-state index contributed by atoms with van der Waals surface area (Å²) in [5.41, 5.74) is -0.264. The number of amides is 1. The predicted molar refractivity (Wildman–Crippen MR) is 57.5 cm³/mol. The van der Waals surface area contributed by atoms with Gasteiger partial charge in [0.05, 0.1) is 0 Å². The Balaban J connectivity index is 2.35. The van der Waals surface area contributed by atoms with Crippen molar-refractivity contribution in [2.75, 3.05) is 17.3 Å². The number of para-hydroxylation sites is 1. The van der Waals surface area contributed by atoms with Crippen LogP contribution in [0.2, 0.25) is 0 Å². The van der Waals surface area contributed by atoms with E-state index in [1.54, 1.807) is 0 Å². The molecule has 0 saturated carbocycles. The van der Waals surface area contributed by atoms with Gasteiger partial charge in [-0.15, -0.1) is 11.6 Å². The standard InChI is InChI=1S/C11H10ClF2NO/c12-5-7-4-10(16)15(6-7)11-8(13)2-1-3-9(11)14/h1-3,7H,4-6H2. The van der Waals surface area contributed by atoms with Gasteiger partial charge in [0, 0.05) is 18.8 Å². The molecule has 86 valence electrons. The summed E-state index contributed by atoms with van der Waals surface area (Å²) in [6.45, 7) is 0.278. The number of carbonyl (C=O) groups is 1. The average molecular weight is 246 g/mol. The molecule has 5 heteroatoms. The fraction of sp³-hybridized carbons (Fsp3) is 0.364. The molecule has 2 rings (SSSR count). The van der Waals surface area contributed by atoms with Gasteiger partial charge in [-0.25, -0.2) is 8.78 Å². The Kier molecular flexibility index (Phi) is 3.10. The zero-order valence-corrected chi connectivity index (χ0v) is 9.18. The lowest BCUT2D eigenvalue weighted by Crippen LogP contribution is -2.26. The molecule has 2 nitrogen and oxygen atoms in total. The minimum absolute atomic E-state index is 0.0341. The largest absolute Gasteiger partial charge is 0.307 e. The minimum atomic E-state index is -0.719. The lowest BCUT2D eigenvalue weighted by Gasteiger charge is -2.17. The SMILES string of the molecule is O=C1CC(CCl)CN1c1c(F)cccc1F. The Morgan fingerprint density at radius 2 is 2.00 bits per heavy atom. The van der Waals surface area contributed by atoms with Crippen molar-refractivity contribution in [2.45, 2.75) is 6.42 Å². The van der Waals surface area contributed by atoms with Crippen LogP contribution in [0, 0.1) is 17.6 Å². The van der Waals surface area contributed by atoms with Gasteiger partial charge in [0.2, 0.25) is 5.91 Å². The van der Waals surface area contributed by atoms with E-state index in [2.05, 4.69) is 0 Å². The molecule has 0 N–H and O–H groups in total. The van der Waals surface area contributed by atoms with Crippen molar-refractivity contribution in [1.29, 1.82) is 0 Å². The molecule has 1 aliphatic rings. The van der Waals surface area contributed by atoms with Gasteiger partial charge in [-0.1, -0.05) is 6.07 Å². The number of hydrogen-bond donors (Lipinski definition) is 0. The summed E-state index contributed by atoms with van der Waals surface area (Å²) in [6, 6.07) is 3.55. The van der Waals surface area contributed by atoms with Crippen LogP contribution in [-0.2, 0) is 4.79 Å². The fourth-order valence-corrected chi connectivity index (χ4v) is 2.05. The number of halogens is 3. The average Bonchev–Trinajstić information content (AvgIpc) is 2.60. The van der Waals surface area contributed by atoms with Crippen LogP contribution in [0.1, 0.15) is 6.42 Å². The van der Waals surface area contributed by atoms with Crippen molar-refractivity contribution < 1.29 is 13.6 Å². The molecular weight excluding hydrogens is 236 g/mol. The normalized spacial score (nSPS) is 20.6. The quantitative estimate of drug-likeness (QED) is 0.734. The molecule has 1 unspecified atom stereocenters. The molecule has 1 aromatic rings. The van der Waals surface area contributed by atoms with Crippen molar-refractivity contribution in [3.8, 4) is 0 Å². The number of anilines is 1. The van der Waals surface area contributed by atoms with Crippen molar-refractivity contribution in [2.24, 2.45) is 5.92 Å². The van der Waals surface area contributed by atoms with Crippen LogP contribution in [-0.4, -0.2) is 18.3 Å². The Bertz CT molecular complexity index is 404. The highest BCUT2D eigenvalue weighted by molar-refractivity contribution is 6.18. The Hall–Kier alpha value is -1.16. The highest BCUT2D eigenvalue weighted by Crippen LogP contribution is 2.29. The molecule has 1 aliphatic heterocycles. The smallest absolute Gasteiger partial charge is 0.227 e. The highest BCUT2D eigenvalue weighted by Gasteiger charge is 2.33. The van der Waals surface area contributed by atoms with Crippen molar-refractivity contribution in [3.63, 3.8) is 0 Å². The van der Waals surface area contributed by atoms with Crippen molar-refractivity contribution in [1.82, 2.24) is 0 Å². The number of nitrogens with zero attached hydrogens (tertiary/aromatic N) is 1. The predicted octanol–water partition coefficient (Wildman–Crippen LogP) is 2.56. The summed E-state index contributed by atoms with van der Waals surface area (Å²) in [5.74, 6) is -1.44. The van der Waals surface area contributed by atoms with Crippen LogP contribution in [0.3, 0.4) is 0 Å². The summed E-state index contributed by atoms with van der Waals surface area (Å²) < 4.78 is 26.9. The van der Waals surface area contributed by atoms with Crippen LogP contribution in [0.15, 0.2) is 18.2 Å². The molecular formula is C11H10ClF2NO. The van der Waals surface area contributed by atoms with E-state index in [0.29, 0.717) is 5.88 Å². The van der Waals surface area contributed by atoms with Crippen molar-refractivity contribution in [3.05, 3.63) is 29.8 Å². The van der Waals surface area contributed by atoms with E-state index in [9.17, 15) is 13.6 Å².